The molecule has 1 aromatic carbocycles. The Morgan fingerprint density at radius 3 is 2.87 bits per heavy atom. The SMILES string of the molecule is NC(N)=NC(=O)c1cnn(-c2cccc3[nH]ccc23)c1C1CC1. The molecule has 2 heterocycles. The van der Waals surface area contributed by atoms with E-state index in [1.54, 1.807) is 6.20 Å². The summed E-state index contributed by atoms with van der Waals surface area (Å²) in [6.45, 7) is 0. The normalized spacial score (nSPS) is 14.1. The summed E-state index contributed by atoms with van der Waals surface area (Å²) in [5.41, 5.74) is 14.0. The molecule has 0 spiro atoms. The van der Waals surface area contributed by atoms with Crippen molar-refractivity contribution in [1.82, 2.24) is 14.8 Å². The standard InChI is InChI=1S/C16H16N6O/c17-16(18)21-15(23)11-8-20-22(14(11)9-4-5-9)13-3-1-2-12-10(13)6-7-19-12/h1-3,6-9,19H,4-5H2,(H4,17,18,21,23). The molecule has 5 N–H and O–H groups in total. The number of nitrogens with two attached hydrogens (primary N) is 2. The van der Waals surface area contributed by atoms with Crippen LogP contribution in [-0.2, 0) is 0 Å². The molecule has 2 aromatic heterocycles. The maximum atomic E-state index is 12.3. The fraction of sp³-hybridized carbons (Fsp3) is 0.188. The van der Waals surface area contributed by atoms with Crippen LogP contribution in [0, 0.1) is 0 Å². The molecule has 0 unspecified atom stereocenters. The Balaban J connectivity index is 1.90. The zero-order valence-corrected chi connectivity index (χ0v) is 12.4. The molecule has 1 fully saturated rings. The van der Waals surface area contributed by atoms with E-state index in [9.17, 15) is 4.79 Å². The van der Waals surface area contributed by atoms with Gasteiger partial charge in [-0.3, -0.25) is 4.79 Å². The second-order valence-corrected chi connectivity index (χ2v) is 5.69. The maximum absolute atomic E-state index is 12.3. The molecule has 3 aromatic rings. The van der Waals surface area contributed by atoms with Crippen LogP contribution in [0.3, 0.4) is 0 Å². The van der Waals surface area contributed by atoms with Gasteiger partial charge < -0.3 is 16.5 Å². The molecule has 0 radical (unpaired) electrons. The Kier molecular flexibility index (Phi) is 2.94. The van der Waals surface area contributed by atoms with Crippen molar-refractivity contribution >= 4 is 22.8 Å². The summed E-state index contributed by atoms with van der Waals surface area (Å²) in [6.07, 6.45) is 5.52. The minimum atomic E-state index is -0.445. The van der Waals surface area contributed by atoms with Crippen molar-refractivity contribution in [2.24, 2.45) is 16.5 Å². The first kappa shape index (κ1) is 13.6. The number of guanidine groups is 1. The predicted molar refractivity (Wildman–Crippen MR) is 87.5 cm³/mol. The van der Waals surface area contributed by atoms with Gasteiger partial charge in [0.05, 0.1) is 23.1 Å². The van der Waals surface area contributed by atoms with E-state index in [0.29, 0.717) is 11.5 Å². The van der Waals surface area contributed by atoms with Crippen LogP contribution in [0.15, 0.2) is 41.7 Å². The number of H-pyrrole nitrogens is 1. The summed E-state index contributed by atoms with van der Waals surface area (Å²) in [5, 5.41) is 5.49. The van der Waals surface area contributed by atoms with Gasteiger partial charge in [0.1, 0.15) is 0 Å². The lowest BCUT2D eigenvalue weighted by molar-refractivity contribution is 0.100. The molecular formula is C16H16N6O. The number of rotatable bonds is 3. The van der Waals surface area contributed by atoms with Gasteiger partial charge in [-0.25, -0.2) is 4.68 Å². The van der Waals surface area contributed by atoms with Gasteiger partial charge in [0, 0.05) is 23.0 Å². The molecular weight excluding hydrogens is 292 g/mol. The van der Waals surface area contributed by atoms with E-state index in [0.717, 1.165) is 35.1 Å². The first-order valence-corrected chi connectivity index (χ1v) is 7.43. The van der Waals surface area contributed by atoms with E-state index in [1.165, 1.54) is 0 Å². The highest BCUT2D eigenvalue weighted by molar-refractivity contribution is 6.03. The number of nitrogens with one attached hydrogen (secondary N) is 1. The zero-order chi connectivity index (χ0) is 16.0. The summed E-state index contributed by atoms with van der Waals surface area (Å²) in [7, 11) is 0. The highest BCUT2D eigenvalue weighted by Gasteiger charge is 2.33. The second kappa shape index (κ2) is 4.98. The molecule has 1 aliphatic carbocycles. The van der Waals surface area contributed by atoms with Gasteiger partial charge >= 0.3 is 0 Å². The molecule has 0 saturated heterocycles. The van der Waals surface area contributed by atoms with E-state index in [-0.39, 0.29) is 5.96 Å². The number of aromatic nitrogens is 3. The summed E-state index contributed by atoms with van der Waals surface area (Å²) in [4.78, 5) is 19.1. The van der Waals surface area contributed by atoms with Crippen molar-refractivity contribution in [3.05, 3.63) is 47.9 Å². The molecule has 1 amide bonds. The highest BCUT2D eigenvalue weighted by Crippen LogP contribution is 2.43. The summed E-state index contributed by atoms with van der Waals surface area (Å²) in [6, 6.07) is 7.96. The smallest absolute Gasteiger partial charge is 0.283 e. The molecule has 7 nitrogen and oxygen atoms in total. The predicted octanol–water partition coefficient (Wildman–Crippen LogP) is 1.64. The fourth-order valence-electron chi connectivity index (χ4n) is 2.90. The first-order valence-electron chi connectivity index (χ1n) is 7.43. The van der Waals surface area contributed by atoms with Gasteiger partial charge in [0.2, 0.25) is 0 Å². The number of aromatic amines is 1. The van der Waals surface area contributed by atoms with Crippen molar-refractivity contribution in [1.29, 1.82) is 0 Å². The molecule has 23 heavy (non-hydrogen) atoms. The van der Waals surface area contributed by atoms with Gasteiger partial charge in [-0.05, 0) is 31.0 Å². The number of hydrogen-bond donors (Lipinski definition) is 3. The summed E-state index contributed by atoms with van der Waals surface area (Å²) in [5.74, 6) is -0.364. The Morgan fingerprint density at radius 1 is 1.30 bits per heavy atom. The molecule has 0 bridgehead atoms. The van der Waals surface area contributed by atoms with Gasteiger partial charge in [-0.15, -0.1) is 0 Å². The largest absolute Gasteiger partial charge is 0.370 e. The number of carbonyl (C=O) groups is 1. The highest BCUT2D eigenvalue weighted by atomic mass is 16.1. The average molecular weight is 308 g/mol. The third-order valence-electron chi connectivity index (χ3n) is 4.03. The van der Waals surface area contributed by atoms with Crippen LogP contribution < -0.4 is 11.5 Å². The number of nitrogens with zero attached hydrogens (tertiary/aromatic N) is 3. The summed E-state index contributed by atoms with van der Waals surface area (Å²) >= 11 is 0. The molecule has 1 aliphatic rings. The second-order valence-electron chi connectivity index (χ2n) is 5.69. The number of aliphatic imine (C=N–C) groups is 1. The van der Waals surface area contributed by atoms with E-state index in [2.05, 4.69) is 15.1 Å². The summed E-state index contributed by atoms with van der Waals surface area (Å²) < 4.78 is 1.84. The van der Waals surface area contributed by atoms with Crippen molar-refractivity contribution in [3.8, 4) is 5.69 Å². The van der Waals surface area contributed by atoms with Crippen LogP contribution in [-0.4, -0.2) is 26.6 Å². The lowest BCUT2D eigenvalue weighted by Gasteiger charge is -2.09. The van der Waals surface area contributed by atoms with Crippen LogP contribution >= 0.6 is 0 Å². The van der Waals surface area contributed by atoms with Crippen LogP contribution in [0.4, 0.5) is 0 Å². The van der Waals surface area contributed by atoms with Crippen LogP contribution in [0.2, 0.25) is 0 Å². The fourth-order valence-corrected chi connectivity index (χ4v) is 2.90. The first-order chi connectivity index (χ1) is 11.1. The number of carbonyl (C=O) groups excluding carboxylic acids is 1. The van der Waals surface area contributed by atoms with Crippen LogP contribution in [0.1, 0.15) is 34.8 Å². The molecule has 0 atom stereocenters. The zero-order valence-electron chi connectivity index (χ0n) is 12.4. The Bertz CT molecular complexity index is 927. The maximum Gasteiger partial charge on any atom is 0.283 e. The quantitative estimate of drug-likeness (QED) is 0.504. The number of benzene rings is 1. The van der Waals surface area contributed by atoms with Gasteiger partial charge in [0.25, 0.3) is 5.91 Å². The van der Waals surface area contributed by atoms with Crippen molar-refractivity contribution < 1.29 is 4.79 Å². The van der Waals surface area contributed by atoms with E-state index >= 15 is 0 Å². The van der Waals surface area contributed by atoms with E-state index in [4.69, 9.17) is 11.5 Å². The van der Waals surface area contributed by atoms with E-state index in [1.807, 2.05) is 35.1 Å². The topological polar surface area (TPSA) is 115 Å². The molecule has 4 rings (SSSR count). The molecule has 116 valence electrons. The van der Waals surface area contributed by atoms with E-state index < -0.39 is 5.91 Å². The Morgan fingerprint density at radius 2 is 2.13 bits per heavy atom. The minimum absolute atomic E-state index is 0.239. The minimum Gasteiger partial charge on any atom is -0.370 e. The third kappa shape index (κ3) is 2.26. The molecule has 7 heteroatoms. The number of hydrogen-bond acceptors (Lipinski definition) is 2. The van der Waals surface area contributed by atoms with Crippen LogP contribution in [0.5, 0.6) is 0 Å². The van der Waals surface area contributed by atoms with Crippen molar-refractivity contribution in [2.75, 3.05) is 0 Å². The third-order valence-corrected chi connectivity index (χ3v) is 4.03. The Labute approximate surface area is 132 Å². The van der Waals surface area contributed by atoms with Gasteiger partial charge in [-0.1, -0.05) is 6.07 Å². The van der Waals surface area contributed by atoms with Gasteiger partial charge in [0.15, 0.2) is 5.96 Å². The monoisotopic (exact) mass is 308 g/mol. The van der Waals surface area contributed by atoms with Gasteiger partial charge in [-0.2, -0.15) is 10.1 Å². The molecule has 1 saturated carbocycles. The van der Waals surface area contributed by atoms with Crippen LogP contribution in [0.25, 0.3) is 16.6 Å². The number of fused-ring (bicyclic) bond motifs is 1. The lowest BCUT2D eigenvalue weighted by atomic mass is 10.1. The van der Waals surface area contributed by atoms with Crippen molar-refractivity contribution in [3.63, 3.8) is 0 Å². The lowest BCUT2D eigenvalue weighted by Crippen LogP contribution is -2.24. The Hall–Kier alpha value is -3.09. The van der Waals surface area contributed by atoms with Crippen molar-refractivity contribution in [2.45, 2.75) is 18.8 Å². The number of amides is 1. The average Bonchev–Trinajstić information content (AvgIpc) is 3.08. The molecule has 0 aliphatic heterocycles.